The highest BCUT2D eigenvalue weighted by Crippen LogP contribution is 2.07. The summed E-state index contributed by atoms with van der Waals surface area (Å²) in [5.74, 6) is -1.51. The number of urea groups is 1. The average molecular weight is 288 g/mol. The number of carbonyl (C=O) groups excluding carboxylic acids is 2. The van der Waals surface area contributed by atoms with Crippen molar-refractivity contribution in [2.75, 3.05) is 13.7 Å². The van der Waals surface area contributed by atoms with Crippen LogP contribution in [-0.4, -0.2) is 53.7 Å². The predicted octanol–water partition coefficient (Wildman–Crippen LogP) is 1.08. The number of hydrogen-bond acceptors (Lipinski definition) is 4. The van der Waals surface area contributed by atoms with Crippen molar-refractivity contribution in [2.45, 2.75) is 46.2 Å². The Kier molecular flexibility index (Phi) is 7.64. The minimum atomic E-state index is -1.09. The molecule has 0 heterocycles. The van der Waals surface area contributed by atoms with Gasteiger partial charge in [-0.1, -0.05) is 13.8 Å². The summed E-state index contributed by atoms with van der Waals surface area (Å²) in [5.41, 5.74) is 0. The largest absolute Gasteiger partial charge is 0.480 e. The van der Waals surface area contributed by atoms with Gasteiger partial charge in [0.2, 0.25) is 0 Å². The van der Waals surface area contributed by atoms with Gasteiger partial charge in [0.15, 0.2) is 0 Å². The van der Waals surface area contributed by atoms with Crippen LogP contribution in [0.5, 0.6) is 0 Å². The Bertz CT molecular complexity index is 355. The summed E-state index contributed by atoms with van der Waals surface area (Å²) < 4.78 is 4.52. The van der Waals surface area contributed by atoms with E-state index in [4.69, 9.17) is 5.11 Å². The van der Waals surface area contributed by atoms with Crippen LogP contribution in [0.4, 0.5) is 4.79 Å². The number of ether oxygens (including phenoxy) is 1. The lowest BCUT2D eigenvalue weighted by atomic mass is 10.0. The van der Waals surface area contributed by atoms with Crippen LogP contribution >= 0.6 is 0 Å². The number of hydrogen-bond donors (Lipinski definition) is 2. The Hall–Kier alpha value is -1.79. The highest BCUT2D eigenvalue weighted by Gasteiger charge is 2.26. The fourth-order valence-electron chi connectivity index (χ4n) is 1.62. The van der Waals surface area contributed by atoms with Gasteiger partial charge in [0.1, 0.15) is 12.6 Å². The predicted molar refractivity (Wildman–Crippen MR) is 73.3 cm³/mol. The summed E-state index contributed by atoms with van der Waals surface area (Å²) in [4.78, 5) is 35.7. The lowest BCUT2D eigenvalue weighted by Gasteiger charge is -2.27. The number of esters is 1. The van der Waals surface area contributed by atoms with Crippen molar-refractivity contribution in [2.24, 2.45) is 5.92 Å². The van der Waals surface area contributed by atoms with E-state index in [0.29, 0.717) is 6.42 Å². The molecule has 0 aliphatic rings. The first-order valence-electron chi connectivity index (χ1n) is 6.55. The van der Waals surface area contributed by atoms with Crippen LogP contribution in [0.1, 0.15) is 34.1 Å². The molecule has 0 aromatic carbocycles. The molecule has 0 radical (unpaired) electrons. The van der Waals surface area contributed by atoms with Crippen molar-refractivity contribution in [1.82, 2.24) is 10.2 Å². The van der Waals surface area contributed by atoms with E-state index < -0.39 is 24.0 Å². The maximum absolute atomic E-state index is 12.1. The molecule has 1 atom stereocenters. The normalized spacial score (nSPS) is 12.2. The smallest absolute Gasteiger partial charge is 0.326 e. The average Bonchev–Trinajstić information content (AvgIpc) is 2.33. The summed E-state index contributed by atoms with van der Waals surface area (Å²) in [6.07, 6.45) is 0.325. The number of nitrogens with zero attached hydrogens (tertiary/aromatic N) is 1. The van der Waals surface area contributed by atoms with Gasteiger partial charge in [-0.2, -0.15) is 0 Å². The molecule has 0 fully saturated rings. The molecule has 0 rings (SSSR count). The summed E-state index contributed by atoms with van der Waals surface area (Å²) in [5, 5.41) is 11.5. The lowest BCUT2D eigenvalue weighted by Crippen LogP contribution is -2.52. The topological polar surface area (TPSA) is 95.9 Å². The summed E-state index contributed by atoms with van der Waals surface area (Å²) in [7, 11) is 1.23. The molecular weight excluding hydrogens is 264 g/mol. The molecule has 20 heavy (non-hydrogen) atoms. The van der Waals surface area contributed by atoms with Crippen molar-refractivity contribution in [3.63, 3.8) is 0 Å². The van der Waals surface area contributed by atoms with Gasteiger partial charge in [-0.3, -0.25) is 4.79 Å². The van der Waals surface area contributed by atoms with Gasteiger partial charge in [-0.15, -0.1) is 0 Å². The van der Waals surface area contributed by atoms with Gasteiger partial charge in [-0.05, 0) is 26.2 Å². The van der Waals surface area contributed by atoms with Crippen LogP contribution < -0.4 is 5.32 Å². The molecule has 7 nitrogen and oxygen atoms in total. The molecule has 116 valence electrons. The van der Waals surface area contributed by atoms with E-state index in [-0.39, 0.29) is 18.5 Å². The molecule has 2 N–H and O–H groups in total. The highest BCUT2D eigenvalue weighted by atomic mass is 16.5. The number of carboxylic acids is 1. The maximum Gasteiger partial charge on any atom is 0.326 e. The number of carbonyl (C=O) groups is 3. The zero-order valence-electron chi connectivity index (χ0n) is 12.7. The molecule has 0 aromatic rings. The van der Waals surface area contributed by atoms with E-state index in [9.17, 15) is 14.4 Å². The third kappa shape index (κ3) is 6.40. The summed E-state index contributed by atoms with van der Waals surface area (Å²) in [6.45, 7) is 7.00. The molecule has 0 saturated carbocycles. The van der Waals surface area contributed by atoms with Crippen LogP contribution in [0.25, 0.3) is 0 Å². The minimum Gasteiger partial charge on any atom is -0.480 e. The van der Waals surface area contributed by atoms with Crippen molar-refractivity contribution < 1.29 is 24.2 Å². The summed E-state index contributed by atoms with van der Waals surface area (Å²) >= 11 is 0. The van der Waals surface area contributed by atoms with Crippen molar-refractivity contribution in [3.05, 3.63) is 0 Å². The van der Waals surface area contributed by atoms with Gasteiger partial charge in [0.05, 0.1) is 7.11 Å². The molecule has 1 unspecified atom stereocenters. The third-order valence-electron chi connectivity index (χ3n) is 2.71. The molecule has 0 aliphatic carbocycles. The second kappa shape index (κ2) is 8.39. The quantitative estimate of drug-likeness (QED) is 0.683. The first kappa shape index (κ1) is 18.2. The van der Waals surface area contributed by atoms with E-state index in [1.54, 1.807) is 13.8 Å². The monoisotopic (exact) mass is 288 g/mol. The zero-order chi connectivity index (χ0) is 15.9. The number of methoxy groups -OCH3 is 1. The maximum atomic E-state index is 12.1. The van der Waals surface area contributed by atoms with Gasteiger partial charge < -0.3 is 20.1 Å². The van der Waals surface area contributed by atoms with E-state index in [0.717, 1.165) is 0 Å². The molecule has 0 aliphatic heterocycles. The fourth-order valence-corrected chi connectivity index (χ4v) is 1.62. The molecule has 0 saturated heterocycles. The number of amides is 2. The van der Waals surface area contributed by atoms with Crippen molar-refractivity contribution in [3.8, 4) is 0 Å². The fraction of sp³-hybridized carbons (Fsp3) is 0.769. The van der Waals surface area contributed by atoms with Crippen LogP contribution in [0.15, 0.2) is 0 Å². The van der Waals surface area contributed by atoms with Crippen molar-refractivity contribution >= 4 is 18.0 Å². The Morgan fingerprint density at radius 3 is 2.10 bits per heavy atom. The molecule has 2 amide bonds. The van der Waals surface area contributed by atoms with Gasteiger partial charge in [0.25, 0.3) is 0 Å². The van der Waals surface area contributed by atoms with Crippen LogP contribution in [-0.2, 0) is 14.3 Å². The van der Waals surface area contributed by atoms with E-state index in [1.807, 2.05) is 13.8 Å². The van der Waals surface area contributed by atoms with E-state index in [1.165, 1.54) is 12.0 Å². The van der Waals surface area contributed by atoms with Crippen molar-refractivity contribution in [1.29, 1.82) is 0 Å². The Labute approximate surface area is 119 Å². The number of rotatable bonds is 7. The standard InChI is InChI=1S/C13H24N2O5/c1-8(2)6-10(12(17)18)14-13(19)15(9(3)4)7-11(16)20-5/h8-10H,6-7H2,1-5H3,(H,14,19)(H,17,18). The van der Waals surface area contributed by atoms with Crippen LogP contribution in [0.2, 0.25) is 0 Å². The second-order valence-corrected chi connectivity index (χ2v) is 5.27. The third-order valence-corrected chi connectivity index (χ3v) is 2.71. The Morgan fingerprint density at radius 2 is 1.75 bits per heavy atom. The molecule has 7 heteroatoms. The highest BCUT2D eigenvalue weighted by molar-refractivity contribution is 5.85. The number of carboxylic acid groups (broad SMARTS) is 1. The van der Waals surface area contributed by atoms with Gasteiger partial charge in [0, 0.05) is 6.04 Å². The second-order valence-electron chi connectivity index (χ2n) is 5.27. The van der Waals surface area contributed by atoms with Crippen LogP contribution in [0.3, 0.4) is 0 Å². The number of nitrogens with one attached hydrogen (secondary N) is 1. The Morgan fingerprint density at radius 1 is 1.20 bits per heavy atom. The summed E-state index contributed by atoms with van der Waals surface area (Å²) in [6, 6.07) is -1.80. The van der Waals surface area contributed by atoms with Crippen LogP contribution in [0, 0.1) is 5.92 Å². The Balaban J connectivity index is 4.79. The minimum absolute atomic E-state index is 0.129. The zero-order valence-corrected chi connectivity index (χ0v) is 12.7. The first-order chi connectivity index (χ1) is 9.18. The SMILES string of the molecule is COC(=O)CN(C(=O)NC(CC(C)C)C(=O)O)C(C)C. The van der Waals surface area contributed by atoms with Gasteiger partial charge in [-0.25, -0.2) is 9.59 Å². The number of aliphatic carboxylic acids is 1. The lowest BCUT2D eigenvalue weighted by molar-refractivity contribution is -0.141. The van der Waals surface area contributed by atoms with E-state index >= 15 is 0 Å². The molecule has 0 spiro atoms. The first-order valence-corrected chi connectivity index (χ1v) is 6.55. The molecule has 0 aromatic heterocycles. The van der Waals surface area contributed by atoms with Gasteiger partial charge >= 0.3 is 18.0 Å². The van der Waals surface area contributed by atoms with E-state index in [2.05, 4.69) is 10.1 Å². The molecular formula is C13H24N2O5. The molecule has 0 bridgehead atoms.